The molecule has 0 unspecified atom stereocenters. The van der Waals surface area contributed by atoms with Gasteiger partial charge in [-0.2, -0.15) is 0 Å². The zero-order valence-electron chi connectivity index (χ0n) is 15.2. The second-order valence-electron chi connectivity index (χ2n) is 6.58. The topological polar surface area (TPSA) is 57.8 Å². The van der Waals surface area contributed by atoms with Crippen LogP contribution in [0.25, 0.3) is 22.0 Å². The highest BCUT2D eigenvalue weighted by Crippen LogP contribution is 2.24. The van der Waals surface area contributed by atoms with E-state index in [-0.39, 0.29) is 5.91 Å². The minimum absolute atomic E-state index is 0.0314. The molecule has 4 rings (SSSR count). The Morgan fingerprint density at radius 1 is 1.11 bits per heavy atom. The lowest BCUT2D eigenvalue weighted by Crippen LogP contribution is -2.23. The molecular weight excluding hydrogens is 354 g/mol. The van der Waals surface area contributed by atoms with Crippen molar-refractivity contribution in [1.29, 1.82) is 0 Å². The van der Waals surface area contributed by atoms with Crippen LogP contribution in [0.5, 0.6) is 0 Å². The van der Waals surface area contributed by atoms with Gasteiger partial charge in [0.25, 0.3) is 5.91 Å². The number of nitrogens with one attached hydrogen (secondary N) is 2. The van der Waals surface area contributed by atoms with Crippen LogP contribution >= 0.6 is 11.3 Å². The first-order chi connectivity index (χ1) is 13.2. The summed E-state index contributed by atoms with van der Waals surface area (Å²) in [6.45, 7) is 2.57. The normalized spacial score (nSPS) is 11.0. The van der Waals surface area contributed by atoms with Crippen LogP contribution in [-0.2, 0) is 6.42 Å². The number of aryl methyl sites for hydroxylation is 2. The average molecular weight is 375 g/mol. The Kier molecular flexibility index (Phi) is 5.03. The zero-order valence-corrected chi connectivity index (χ0v) is 16.0. The van der Waals surface area contributed by atoms with Gasteiger partial charge < -0.3 is 10.3 Å². The average Bonchev–Trinajstić information content (AvgIpc) is 3.33. The van der Waals surface area contributed by atoms with E-state index in [4.69, 9.17) is 0 Å². The smallest absolute Gasteiger partial charge is 0.263 e. The Morgan fingerprint density at radius 2 is 1.93 bits per heavy atom. The summed E-state index contributed by atoms with van der Waals surface area (Å²) in [5, 5.41) is 5.10. The van der Waals surface area contributed by atoms with E-state index in [0.29, 0.717) is 11.4 Å². The van der Waals surface area contributed by atoms with Crippen LogP contribution in [0.15, 0.2) is 60.9 Å². The Bertz CT molecular complexity index is 1060. The van der Waals surface area contributed by atoms with Gasteiger partial charge in [-0.15, -0.1) is 11.3 Å². The van der Waals surface area contributed by atoms with E-state index >= 15 is 0 Å². The van der Waals surface area contributed by atoms with Crippen LogP contribution in [0.4, 0.5) is 0 Å². The minimum Gasteiger partial charge on any atom is -0.361 e. The number of rotatable bonds is 6. The molecule has 1 amide bonds. The van der Waals surface area contributed by atoms with Gasteiger partial charge in [0.05, 0.1) is 11.2 Å². The Morgan fingerprint density at radius 3 is 2.70 bits per heavy atom. The minimum atomic E-state index is -0.0314. The molecule has 4 nitrogen and oxygen atoms in total. The van der Waals surface area contributed by atoms with Gasteiger partial charge >= 0.3 is 0 Å². The standard InChI is InChI=1S/C22H21N3OS/c1-15-25-14-21(27-15)22(26)24-11-2-3-16-4-6-17(7-5-16)18-8-9-20-19(13-18)10-12-23-20/h4-10,12-14,23H,2-3,11H2,1H3,(H,24,26). The van der Waals surface area contributed by atoms with Crippen molar-refractivity contribution in [2.45, 2.75) is 19.8 Å². The molecule has 4 aromatic rings. The van der Waals surface area contributed by atoms with Gasteiger partial charge in [0.1, 0.15) is 4.88 Å². The third-order valence-corrected chi connectivity index (χ3v) is 5.52. The summed E-state index contributed by atoms with van der Waals surface area (Å²) in [4.78, 5) is 20.0. The molecule has 136 valence electrons. The molecule has 2 aromatic carbocycles. The van der Waals surface area contributed by atoms with Gasteiger partial charge in [0, 0.05) is 18.3 Å². The number of nitrogens with zero attached hydrogens (tertiary/aromatic N) is 1. The summed E-state index contributed by atoms with van der Waals surface area (Å²) >= 11 is 1.43. The molecule has 0 aliphatic carbocycles. The highest BCUT2D eigenvalue weighted by molar-refractivity contribution is 7.13. The van der Waals surface area contributed by atoms with E-state index < -0.39 is 0 Å². The number of hydrogen-bond donors (Lipinski definition) is 2. The van der Waals surface area contributed by atoms with Crippen molar-refractivity contribution < 1.29 is 4.79 Å². The van der Waals surface area contributed by atoms with Crippen molar-refractivity contribution in [2.75, 3.05) is 6.54 Å². The predicted octanol–water partition coefficient (Wildman–Crippen LogP) is 4.96. The molecule has 27 heavy (non-hydrogen) atoms. The summed E-state index contributed by atoms with van der Waals surface area (Å²) in [6, 6.07) is 17.2. The maximum absolute atomic E-state index is 12.0. The van der Waals surface area contributed by atoms with Crippen LogP contribution in [0.3, 0.4) is 0 Å². The molecule has 0 spiro atoms. The molecule has 0 saturated carbocycles. The molecular formula is C22H21N3OS. The van der Waals surface area contributed by atoms with E-state index in [1.165, 1.54) is 33.4 Å². The fourth-order valence-corrected chi connectivity index (χ4v) is 3.84. The second kappa shape index (κ2) is 7.76. The first-order valence-electron chi connectivity index (χ1n) is 9.06. The van der Waals surface area contributed by atoms with Crippen molar-refractivity contribution in [2.24, 2.45) is 0 Å². The number of carbonyl (C=O) groups excluding carboxylic acids is 1. The summed E-state index contributed by atoms with van der Waals surface area (Å²) in [6.07, 6.45) is 5.46. The summed E-state index contributed by atoms with van der Waals surface area (Å²) in [5.74, 6) is -0.0314. The van der Waals surface area contributed by atoms with Gasteiger partial charge in [-0.25, -0.2) is 4.98 Å². The van der Waals surface area contributed by atoms with E-state index in [1.54, 1.807) is 6.20 Å². The number of fused-ring (bicyclic) bond motifs is 1. The van der Waals surface area contributed by atoms with Gasteiger partial charge in [0.2, 0.25) is 0 Å². The third kappa shape index (κ3) is 4.09. The first-order valence-corrected chi connectivity index (χ1v) is 9.88. The number of amides is 1. The molecule has 0 aliphatic rings. The zero-order chi connectivity index (χ0) is 18.6. The third-order valence-electron chi connectivity index (χ3n) is 4.61. The van der Waals surface area contributed by atoms with Crippen LogP contribution in [0, 0.1) is 6.92 Å². The highest BCUT2D eigenvalue weighted by atomic mass is 32.1. The molecule has 0 aliphatic heterocycles. The maximum atomic E-state index is 12.0. The number of benzene rings is 2. The van der Waals surface area contributed by atoms with E-state index in [9.17, 15) is 4.79 Å². The molecule has 0 bridgehead atoms. The van der Waals surface area contributed by atoms with Crippen molar-refractivity contribution in [3.63, 3.8) is 0 Å². The summed E-state index contributed by atoms with van der Waals surface area (Å²) in [5.41, 5.74) is 4.88. The quantitative estimate of drug-likeness (QED) is 0.468. The van der Waals surface area contributed by atoms with Gasteiger partial charge in [-0.05, 0) is 60.0 Å². The SMILES string of the molecule is Cc1ncc(C(=O)NCCCc2ccc(-c3ccc4[nH]ccc4c3)cc2)s1. The Labute approximate surface area is 162 Å². The predicted molar refractivity (Wildman–Crippen MR) is 111 cm³/mol. The summed E-state index contributed by atoms with van der Waals surface area (Å²) < 4.78 is 0. The van der Waals surface area contributed by atoms with E-state index in [0.717, 1.165) is 23.4 Å². The lowest BCUT2D eigenvalue weighted by Gasteiger charge is -2.06. The number of aromatic nitrogens is 2. The first kappa shape index (κ1) is 17.5. The van der Waals surface area contributed by atoms with Crippen molar-refractivity contribution in [3.8, 4) is 11.1 Å². The molecule has 5 heteroatoms. The van der Waals surface area contributed by atoms with Crippen LogP contribution in [0.2, 0.25) is 0 Å². The number of H-pyrrole nitrogens is 1. The molecule has 0 fully saturated rings. The fourth-order valence-electron chi connectivity index (χ4n) is 3.14. The van der Waals surface area contributed by atoms with Crippen LogP contribution in [-0.4, -0.2) is 22.4 Å². The number of carbonyl (C=O) groups is 1. The molecule has 0 radical (unpaired) electrons. The van der Waals surface area contributed by atoms with Crippen molar-refractivity contribution >= 4 is 28.1 Å². The molecule has 0 saturated heterocycles. The number of aromatic amines is 1. The van der Waals surface area contributed by atoms with Crippen LogP contribution in [0.1, 0.15) is 26.7 Å². The van der Waals surface area contributed by atoms with Crippen molar-refractivity contribution in [3.05, 3.63) is 76.4 Å². The monoisotopic (exact) mass is 375 g/mol. The Balaban J connectivity index is 1.30. The summed E-state index contributed by atoms with van der Waals surface area (Å²) in [7, 11) is 0. The van der Waals surface area contributed by atoms with E-state index in [1.807, 2.05) is 13.1 Å². The van der Waals surface area contributed by atoms with Gasteiger partial charge in [0.15, 0.2) is 0 Å². The van der Waals surface area contributed by atoms with Crippen LogP contribution < -0.4 is 5.32 Å². The maximum Gasteiger partial charge on any atom is 0.263 e. The molecule has 2 N–H and O–H groups in total. The lowest BCUT2D eigenvalue weighted by atomic mass is 10.0. The Hall–Kier alpha value is -2.92. The fraction of sp³-hybridized carbons (Fsp3) is 0.182. The highest BCUT2D eigenvalue weighted by Gasteiger charge is 2.08. The lowest BCUT2D eigenvalue weighted by molar-refractivity contribution is 0.0957. The largest absolute Gasteiger partial charge is 0.361 e. The van der Waals surface area contributed by atoms with E-state index in [2.05, 4.69) is 63.8 Å². The molecule has 2 aromatic heterocycles. The second-order valence-corrected chi connectivity index (χ2v) is 7.81. The molecule has 2 heterocycles. The number of thiazole rings is 1. The van der Waals surface area contributed by atoms with Crippen molar-refractivity contribution in [1.82, 2.24) is 15.3 Å². The molecule has 0 atom stereocenters. The van der Waals surface area contributed by atoms with Gasteiger partial charge in [-0.1, -0.05) is 30.3 Å². The number of hydrogen-bond acceptors (Lipinski definition) is 3. The van der Waals surface area contributed by atoms with Gasteiger partial charge in [-0.3, -0.25) is 4.79 Å².